The number of thiophene rings is 1. The van der Waals surface area contributed by atoms with Crippen molar-refractivity contribution in [2.24, 2.45) is 0 Å². The van der Waals surface area contributed by atoms with Gasteiger partial charge in [-0.05, 0) is 39.0 Å². The predicted octanol–water partition coefficient (Wildman–Crippen LogP) is 3.74. The maximum atomic E-state index is 6.51. The van der Waals surface area contributed by atoms with E-state index in [1.807, 2.05) is 11.3 Å². The highest BCUT2D eigenvalue weighted by atomic mass is 35.5. The highest BCUT2D eigenvalue weighted by Gasteiger charge is 2.19. The number of hydrogen-bond acceptors (Lipinski definition) is 3. The van der Waals surface area contributed by atoms with Crippen molar-refractivity contribution in [2.75, 3.05) is 20.1 Å². The Morgan fingerprint density at radius 3 is 2.79 bits per heavy atom. The zero-order valence-corrected chi connectivity index (χ0v) is 12.7. The molecule has 4 heteroatoms. The second-order valence-corrected chi connectivity index (χ2v) is 6.75. The van der Waals surface area contributed by atoms with Crippen molar-refractivity contribution >= 4 is 33.0 Å². The van der Waals surface area contributed by atoms with Crippen LogP contribution in [0.25, 0.3) is 10.1 Å². The molecule has 0 saturated carbocycles. The lowest BCUT2D eigenvalue weighted by Gasteiger charge is -2.31. The maximum absolute atomic E-state index is 6.51. The summed E-state index contributed by atoms with van der Waals surface area (Å²) < 4.78 is 1.29. The van der Waals surface area contributed by atoms with Crippen molar-refractivity contribution in [1.29, 1.82) is 0 Å². The smallest absolute Gasteiger partial charge is 0.0637 e. The van der Waals surface area contributed by atoms with Gasteiger partial charge in [0.2, 0.25) is 0 Å². The first kappa shape index (κ1) is 13.4. The molecule has 102 valence electrons. The topological polar surface area (TPSA) is 15.3 Å². The van der Waals surface area contributed by atoms with Crippen LogP contribution >= 0.6 is 22.9 Å². The van der Waals surface area contributed by atoms with Gasteiger partial charge in [0.15, 0.2) is 0 Å². The lowest BCUT2D eigenvalue weighted by molar-refractivity contribution is 0.193. The van der Waals surface area contributed by atoms with Gasteiger partial charge in [0.1, 0.15) is 0 Å². The first-order chi connectivity index (χ1) is 9.25. The monoisotopic (exact) mass is 294 g/mol. The average molecular weight is 295 g/mol. The number of fused-ring (bicyclic) bond motifs is 1. The lowest BCUT2D eigenvalue weighted by Crippen LogP contribution is -2.40. The fourth-order valence-electron chi connectivity index (χ4n) is 2.77. The van der Waals surface area contributed by atoms with Crippen LogP contribution in [-0.4, -0.2) is 31.1 Å². The highest BCUT2D eigenvalue weighted by Crippen LogP contribution is 2.36. The Kier molecular flexibility index (Phi) is 4.08. The molecule has 0 unspecified atom stereocenters. The summed E-state index contributed by atoms with van der Waals surface area (Å²) in [7, 11) is 2.22. The van der Waals surface area contributed by atoms with Crippen LogP contribution in [0.5, 0.6) is 0 Å². The van der Waals surface area contributed by atoms with Gasteiger partial charge >= 0.3 is 0 Å². The second-order valence-electron chi connectivity index (χ2n) is 5.23. The minimum absolute atomic E-state index is 0.683. The Morgan fingerprint density at radius 2 is 2.05 bits per heavy atom. The third-order valence-electron chi connectivity index (χ3n) is 3.93. The SMILES string of the molecule is CN(Cc1sc2ccccc2c1Cl)C1CCNCC1. The number of nitrogens with one attached hydrogen (secondary N) is 1. The molecule has 0 amide bonds. The molecular weight excluding hydrogens is 276 g/mol. The second kappa shape index (κ2) is 5.80. The minimum Gasteiger partial charge on any atom is -0.317 e. The van der Waals surface area contributed by atoms with Crippen LogP contribution in [0, 0.1) is 0 Å². The third kappa shape index (κ3) is 2.79. The highest BCUT2D eigenvalue weighted by molar-refractivity contribution is 7.19. The van der Waals surface area contributed by atoms with E-state index in [0.29, 0.717) is 6.04 Å². The van der Waals surface area contributed by atoms with Crippen LogP contribution in [0.3, 0.4) is 0 Å². The van der Waals surface area contributed by atoms with Crippen LogP contribution in [0.4, 0.5) is 0 Å². The molecule has 0 bridgehead atoms. The molecule has 1 aliphatic heterocycles. The third-order valence-corrected chi connectivity index (χ3v) is 5.63. The molecule has 1 saturated heterocycles. The zero-order valence-electron chi connectivity index (χ0n) is 11.2. The summed E-state index contributed by atoms with van der Waals surface area (Å²) >= 11 is 8.34. The van der Waals surface area contributed by atoms with Crippen LogP contribution < -0.4 is 5.32 Å². The van der Waals surface area contributed by atoms with Gasteiger partial charge in [0.25, 0.3) is 0 Å². The number of nitrogens with zero attached hydrogens (tertiary/aromatic N) is 1. The molecular formula is C15H19ClN2S. The van der Waals surface area contributed by atoms with Gasteiger partial charge in [-0.25, -0.2) is 0 Å². The van der Waals surface area contributed by atoms with Gasteiger partial charge in [-0.1, -0.05) is 29.8 Å². The van der Waals surface area contributed by atoms with Crippen LogP contribution in [0.1, 0.15) is 17.7 Å². The average Bonchev–Trinajstić information content (AvgIpc) is 2.77. The van der Waals surface area contributed by atoms with Gasteiger partial charge in [-0.3, -0.25) is 4.90 Å². The molecule has 0 radical (unpaired) electrons. The number of benzene rings is 1. The normalized spacial score (nSPS) is 17.4. The molecule has 2 heterocycles. The Morgan fingerprint density at radius 1 is 1.32 bits per heavy atom. The fraction of sp³-hybridized carbons (Fsp3) is 0.467. The molecule has 1 fully saturated rings. The number of halogens is 1. The summed E-state index contributed by atoms with van der Waals surface area (Å²) in [5.41, 5.74) is 0. The van der Waals surface area contributed by atoms with Gasteiger partial charge < -0.3 is 5.32 Å². The van der Waals surface area contributed by atoms with E-state index in [2.05, 4.69) is 41.5 Å². The molecule has 1 aromatic carbocycles. The van der Waals surface area contributed by atoms with Crippen molar-refractivity contribution in [2.45, 2.75) is 25.4 Å². The first-order valence-electron chi connectivity index (χ1n) is 6.82. The van der Waals surface area contributed by atoms with E-state index in [0.717, 1.165) is 24.7 Å². The molecule has 1 N–H and O–H groups in total. The quantitative estimate of drug-likeness (QED) is 0.928. The predicted molar refractivity (Wildman–Crippen MR) is 84.2 cm³/mol. The lowest BCUT2D eigenvalue weighted by atomic mass is 10.1. The van der Waals surface area contributed by atoms with E-state index in [1.165, 1.54) is 27.8 Å². The first-order valence-corrected chi connectivity index (χ1v) is 8.02. The molecule has 3 rings (SSSR count). The van der Waals surface area contributed by atoms with Gasteiger partial charge in [-0.15, -0.1) is 11.3 Å². The summed E-state index contributed by atoms with van der Waals surface area (Å²) in [5.74, 6) is 0. The van der Waals surface area contributed by atoms with Crippen molar-refractivity contribution in [3.8, 4) is 0 Å². The van der Waals surface area contributed by atoms with Gasteiger partial charge in [-0.2, -0.15) is 0 Å². The summed E-state index contributed by atoms with van der Waals surface area (Å²) in [6, 6.07) is 9.08. The van der Waals surface area contributed by atoms with E-state index in [9.17, 15) is 0 Å². The van der Waals surface area contributed by atoms with E-state index in [1.54, 1.807) is 0 Å². The van der Waals surface area contributed by atoms with Crippen molar-refractivity contribution < 1.29 is 0 Å². The molecule has 0 spiro atoms. The number of piperidine rings is 1. The number of rotatable bonds is 3. The van der Waals surface area contributed by atoms with Crippen molar-refractivity contribution in [3.63, 3.8) is 0 Å². The Labute approximate surface area is 123 Å². The number of hydrogen-bond donors (Lipinski definition) is 1. The Hall–Kier alpha value is -0.610. The summed E-state index contributed by atoms with van der Waals surface area (Å²) in [6.45, 7) is 3.23. The molecule has 19 heavy (non-hydrogen) atoms. The van der Waals surface area contributed by atoms with Crippen LogP contribution in [-0.2, 0) is 6.54 Å². The Balaban J connectivity index is 1.78. The minimum atomic E-state index is 0.683. The molecule has 2 aromatic rings. The van der Waals surface area contributed by atoms with Crippen molar-refractivity contribution in [3.05, 3.63) is 34.2 Å². The van der Waals surface area contributed by atoms with Gasteiger partial charge in [0.05, 0.1) is 5.02 Å². The molecule has 0 atom stereocenters. The van der Waals surface area contributed by atoms with Crippen molar-refractivity contribution in [1.82, 2.24) is 10.2 Å². The molecule has 0 aliphatic carbocycles. The molecule has 1 aromatic heterocycles. The summed E-state index contributed by atoms with van der Waals surface area (Å²) in [4.78, 5) is 3.75. The van der Waals surface area contributed by atoms with Crippen LogP contribution in [0.15, 0.2) is 24.3 Å². The van der Waals surface area contributed by atoms with E-state index < -0.39 is 0 Å². The molecule has 1 aliphatic rings. The fourth-order valence-corrected chi connectivity index (χ4v) is 4.33. The van der Waals surface area contributed by atoms with Crippen LogP contribution in [0.2, 0.25) is 5.02 Å². The largest absolute Gasteiger partial charge is 0.317 e. The van der Waals surface area contributed by atoms with E-state index in [-0.39, 0.29) is 0 Å². The standard InChI is InChI=1S/C15H19ClN2S/c1-18(11-6-8-17-9-7-11)10-14-15(16)12-4-2-3-5-13(12)19-14/h2-5,11,17H,6-10H2,1H3. The summed E-state index contributed by atoms with van der Waals surface area (Å²) in [5, 5.41) is 5.56. The van der Waals surface area contributed by atoms with E-state index >= 15 is 0 Å². The summed E-state index contributed by atoms with van der Waals surface area (Å²) in [6.07, 6.45) is 2.47. The molecule has 2 nitrogen and oxygen atoms in total. The van der Waals surface area contributed by atoms with Gasteiger partial charge in [0, 0.05) is 27.5 Å². The Bertz CT molecular complexity index is 560. The zero-order chi connectivity index (χ0) is 13.2. The maximum Gasteiger partial charge on any atom is 0.0637 e. The van der Waals surface area contributed by atoms with E-state index in [4.69, 9.17) is 11.6 Å².